The highest BCUT2D eigenvalue weighted by atomic mass is 35.5. The maximum Gasteiger partial charge on any atom is 0.161 e. The molecule has 0 aromatic heterocycles. The smallest absolute Gasteiger partial charge is 0.161 e. The number of rotatable bonds is 3. The molecule has 14 heavy (non-hydrogen) atoms. The van der Waals surface area contributed by atoms with Gasteiger partial charge in [0.25, 0.3) is 0 Å². The molecule has 1 aromatic rings. The average molecular weight is 229 g/mol. The molecule has 0 heterocycles. The Balaban J connectivity index is 3.06. The minimum absolute atomic E-state index is 0.0314. The van der Waals surface area contributed by atoms with E-state index in [-0.39, 0.29) is 5.78 Å². The third kappa shape index (κ3) is 2.86. The summed E-state index contributed by atoms with van der Waals surface area (Å²) in [4.78, 5) is 11.2. The van der Waals surface area contributed by atoms with Crippen LogP contribution in [-0.2, 0) is 0 Å². The number of Topliss-reactive ketones (excluding diaryl/α,β-unsaturated/α-hetero) is 1. The summed E-state index contributed by atoms with van der Waals surface area (Å²) in [6, 6.07) is 5.32. The lowest BCUT2D eigenvalue weighted by atomic mass is 10.1. The normalized spacial score (nSPS) is 10.8. The van der Waals surface area contributed by atoms with Gasteiger partial charge in [-0.2, -0.15) is 0 Å². The van der Waals surface area contributed by atoms with Crippen LogP contribution >= 0.6 is 23.2 Å². The van der Waals surface area contributed by atoms with E-state index in [1.165, 1.54) is 6.92 Å². The minimum Gasteiger partial charge on any atom is -0.294 e. The van der Waals surface area contributed by atoms with Gasteiger partial charge in [-0.1, -0.05) is 29.8 Å². The lowest BCUT2D eigenvalue weighted by molar-refractivity contribution is 0.101. The molecule has 1 aromatic carbocycles. The van der Waals surface area contributed by atoms with Crippen LogP contribution in [0.5, 0.6) is 0 Å². The summed E-state index contributed by atoms with van der Waals surface area (Å²) in [6.45, 7) is 1.50. The van der Waals surface area contributed by atoms with Gasteiger partial charge in [0, 0.05) is 11.4 Å². The van der Waals surface area contributed by atoms with Gasteiger partial charge in [0.2, 0.25) is 0 Å². The first-order chi connectivity index (χ1) is 6.65. The van der Waals surface area contributed by atoms with Crippen molar-refractivity contribution >= 4 is 35.1 Å². The molecule has 0 atom stereocenters. The largest absolute Gasteiger partial charge is 0.294 e. The third-order valence-corrected chi connectivity index (χ3v) is 2.28. The van der Waals surface area contributed by atoms with Gasteiger partial charge in [0.05, 0.1) is 5.02 Å². The monoisotopic (exact) mass is 228 g/mol. The maximum atomic E-state index is 11.2. The maximum absolute atomic E-state index is 11.2. The minimum atomic E-state index is -0.0314. The Labute approximate surface area is 93.3 Å². The average Bonchev–Trinajstić information content (AvgIpc) is 2.16. The number of alkyl halides is 1. The molecule has 0 bridgehead atoms. The van der Waals surface area contributed by atoms with E-state index in [1.54, 1.807) is 12.1 Å². The molecule has 0 saturated carbocycles. The number of halogens is 2. The molecule has 0 fully saturated rings. The van der Waals surface area contributed by atoms with Crippen molar-refractivity contribution in [2.24, 2.45) is 0 Å². The molecular formula is C11H10Cl2O. The number of benzene rings is 1. The quantitative estimate of drug-likeness (QED) is 0.569. The van der Waals surface area contributed by atoms with Gasteiger partial charge in [-0.25, -0.2) is 0 Å². The highest BCUT2D eigenvalue weighted by Gasteiger charge is 2.04. The zero-order chi connectivity index (χ0) is 10.6. The lowest BCUT2D eigenvalue weighted by Crippen LogP contribution is -1.93. The van der Waals surface area contributed by atoms with E-state index in [9.17, 15) is 4.79 Å². The standard InChI is InChI=1S/C11H10Cl2O/c1-8(14)10-7-9(3-2-6-12)4-5-11(10)13/h2-5,7H,6H2,1H3. The van der Waals surface area contributed by atoms with E-state index < -0.39 is 0 Å². The van der Waals surface area contributed by atoms with E-state index in [0.29, 0.717) is 16.5 Å². The Hall–Kier alpha value is -0.790. The molecule has 0 aliphatic rings. The molecule has 0 radical (unpaired) electrons. The van der Waals surface area contributed by atoms with Crippen molar-refractivity contribution < 1.29 is 4.79 Å². The number of hydrogen-bond acceptors (Lipinski definition) is 1. The van der Waals surface area contributed by atoms with Crippen molar-refractivity contribution in [3.05, 3.63) is 40.4 Å². The van der Waals surface area contributed by atoms with Gasteiger partial charge in [-0.15, -0.1) is 11.6 Å². The van der Waals surface area contributed by atoms with E-state index in [2.05, 4.69) is 0 Å². The topological polar surface area (TPSA) is 17.1 Å². The number of hydrogen-bond donors (Lipinski definition) is 0. The van der Waals surface area contributed by atoms with Crippen molar-refractivity contribution in [1.82, 2.24) is 0 Å². The summed E-state index contributed by atoms with van der Waals surface area (Å²) in [5.41, 5.74) is 1.48. The van der Waals surface area contributed by atoms with Crippen LogP contribution in [0.15, 0.2) is 24.3 Å². The first-order valence-electron chi connectivity index (χ1n) is 4.18. The Morgan fingerprint density at radius 2 is 2.21 bits per heavy atom. The highest BCUT2D eigenvalue weighted by molar-refractivity contribution is 6.33. The SMILES string of the molecule is CC(=O)c1cc(C=CCCl)ccc1Cl. The molecule has 0 amide bonds. The van der Waals surface area contributed by atoms with Gasteiger partial charge in [-0.3, -0.25) is 4.79 Å². The second-order valence-corrected chi connectivity index (χ2v) is 3.57. The van der Waals surface area contributed by atoms with Crippen molar-refractivity contribution in [3.8, 4) is 0 Å². The number of allylic oxidation sites excluding steroid dienone is 1. The predicted octanol–water partition coefficient (Wildman–Crippen LogP) is 3.79. The first-order valence-corrected chi connectivity index (χ1v) is 5.09. The Morgan fingerprint density at radius 3 is 2.79 bits per heavy atom. The number of carbonyl (C=O) groups is 1. The fraction of sp³-hybridized carbons (Fsp3) is 0.182. The molecule has 1 rings (SSSR count). The van der Waals surface area contributed by atoms with E-state index in [0.717, 1.165) is 5.56 Å². The van der Waals surface area contributed by atoms with E-state index >= 15 is 0 Å². The zero-order valence-electron chi connectivity index (χ0n) is 7.76. The summed E-state index contributed by atoms with van der Waals surface area (Å²) in [5, 5.41) is 0.487. The third-order valence-electron chi connectivity index (χ3n) is 1.77. The molecule has 1 nitrogen and oxygen atoms in total. The second kappa shape index (κ2) is 5.18. The van der Waals surface area contributed by atoms with Gasteiger partial charge >= 0.3 is 0 Å². The molecule has 74 valence electrons. The van der Waals surface area contributed by atoms with Crippen LogP contribution in [0.4, 0.5) is 0 Å². The summed E-state index contributed by atoms with van der Waals surface area (Å²) >= 11 is 11.4. The van der Waals surface area contributed by atoms with Gasteiger partial charge in [0.15, 0.2) is 5.78 Å². The van der Waals surface area contributed by atoms with Crippen LogP contribution in [-0.4, -0.2) is 11.7 Å². The molecule has 3 heteroatoms. The molecule has 0 N–H and O–H groups in total. The van der Waals surface area contributed by atoms with Crippen LogP contribution < -0.4 is 0 Å². The van der Waals surface area contributed by atoms with Crippen molar-refractivity contribution in [2.75, 3.05) is 5.88 Å². The molecule has 0 spiro atoms. The number of ketones is 1. The van der Waals surface area contributed by atoms with E-state index in [4.69, 9.17) is 23.2 Å². The number of carbonyl (C=O) groups excluding carboxylic acids is 1. The molecular weight excluding hydrogens is 219 g/mol. The predicted molar refractivity (Wildman–Crippen MR) is 61.2 cm³/mol. The summed E-state index contributed by atoms with van der Waals surface area (Å²) in [5.74, 6) is 0.425. The van der Waals surface area contributed by atoms with Crippen molar-refractivity contribution in [1.29, 1.82) is 0 Å². The van der Waals surface area contributed by atoms with Crippen LogP contribution in [0, 0.1) is 0 Å². The van der Waals surface area contributed by atoms with Gasteiger partial charge in [0.1, 0.15) is 0 Å². The van der Waals surface area contributed by atoms with Crippen LogP contribution in [0.3, 0.4) is 0 Å². The van der Waals surface area contributed by atoms with Gasteiger partial charge in [-0.05, 0) is 24.6 Å². The van der Waals surface area contributed by atoms with Crippen LogP contribution in [0.25, 0.3) is 6.08 Å². The van der Waals surface area contributed by atoms with Crippen LogP contribution in [0.1, 0.15) is 22.8 Å². The molecule has 0 aliphatic heterocycles. The van der Waals surface area contributed by atoms with Crippen LogP contribution in [0.2, 0.25) is 5.02 Å². The molecule has 0 unspecified atom stereocenters. The molecule has 0 saturated heterocycles. The second-order valence-electron chi connectivity index (χ2n) is 2.85. The summed E-state index contributed by atoms with van der Waals surface area (Å²) < 4.78 is 0. The summed E-state index contributed by atoms with van der Waals surface area (Å²) in [7, 11) is 0. The Bertz CT molecular complexity index is 370. The first kappa shape index (κ1) is 11.3. The fourth-order valence-corrected chi connectivity index (χ4v) is 1.44. The van der Waals surface area contributed by atoms with E-state index in [1.807, 2.05) is 18.2 Å². The fourth-order valence-electron chi connectivity index (χ4n) is 1.10. The summed E-state index contributed by atoms with van der Waals surface area (Å²) in [6.07, 6.45) is 3.67. The van der Waals surface area contributed by atoms with Gasteiger partial charge < -0.3 is 0 Å². The lowest BCUT2D eigenvalue weighted by Gasteiger charge is -2.00. The Morgan fingerprint density at radius 1 is 1.50 bits per heavy atom. The Kier molecular flexibility index (Phi) is 4.18. The highest BCUT2D eigenvalue weighted by Crippen LogP contribution is 2.18. The van der Waals surface area contributed by atoms with Crippen molar-refractivity contribution in [3.63, 3.8) is 0 Å². The van der Waals surface area contributed by atoms with Crippen molar-refractivity contribution in [2.45, 2.75) is 6.92 Å². The molecule has 0 aliphatic carbocycles. The zero-order valence-corrected chi connectivity index (χ0v) is 9.27.